The van der Waals surface area contributed by atoms with Gasteiger partial charge in [-0.05, 0) is 73.5 Å². The van der Waals surface area contributed by atoms with Crippen LogP contribution < -0.4 is 15.2 Å². The number of fused-ring (bicyclic) bond motifs is 1. The zero-order chi connectivity index (χ0) is 20.1. The molecule has 1 unspecified atom stereocenters. The first-order chi connectivity index (χ1) is 13.6. The Hall–Kier alpha value is -2.46. The molecule has 1 heterocycles. The lowest BCUT2D eigenvalue weighted by Gasteiger charge is -2.11. The predicted octanol–water partition coefficient (Wildman–Crippen LogP) is 5.65. The number of unbranched alkanes of at least 4 members (excludes halogenated alkanes) is 1. The summed E-state index contributed by atoms with van der Waals surface area (Å²) >= 11 is 0. The van der Waals surface area contributed by atoms with E-state index in [1.165, 1.54) is 22.0 Å². The third kappa shape index (κ3) is 4.17. The highest BCUT2D eigenvalue weighted by molar-refractivity contribution is 5.91. The summed E-state index contributed by atoms with van der Waals surface area (Å²) in [5.74, 6) is 2.14. The van der Waals surface area contributed by atoms with Crippen molar-refractivity contribution in [2.24, 2.45) is 5.73 Å². The van der Waals surface area contributed by atoms with E-state index in [4.69, 9.17) is 15.2 Å². The molecule has 4 heteroatoms. The van der Waals surface area contributed by atoms with Gasteiger partial charge >= 0.3 is 0 Å². The standard InChI is InChI=1S/C24H32N2O2/c1-5-16(2)17-9-10-23-22(14-17)21(8-6-7-11-25)24(26-23)18-12-19(27-3)15-20(13-18)28-4/h9-10,12-16,26H,5-8,11,25H2,1-4H3. The second kappa shape index (κ2) is 9.16. The molecule has 28 heavy (non-hydrogen) atoms. The Morgan fingerprint density at radius 2 is 1.71 bits per heavy atom. The van der Waals surface area contributed by atoms with Crippen LogP contribution in [0.3, 0.4) is 0 Å². The highest BCUT2D eigenvalue weighted by Gasteiger charge is 2.16. The molecular weight excluding hydrogens is 348 g/mol. The molecule has 0 spiro atoms. The van der Waals surface area contributed by atoms with Crippen molar-refractivity contribution in [1.29, 1.82) is 0 Å². The van der Waals surface area contributed by atoms with Crippen molar-refractivity contribution in [2.45, 2.75) is 45.4 Å². The van der Waals surface area contributed by atoms with Crippen LogP contribution in [0.4, 0.5) is 0 Å². The fourth-order valence-electron chi connectivity index (χ4n) is 3.71. The molecule has 0 aliphatic carbocycles. The summed E-state index contributed by atoms with van der Waals surface area (Å²) in [5.41, 5.74) is 11.9. The van der Waals surface area contributed by atoms with Crippen LogP contribution >= 0.6 is 0 Å². The third-order valence-electron chi connectivity index (χ3n) is 5.63. The normalized spacial score (nSPS) is 12.3. The molecule has 0 saturated carbocycles. The molecule has 1 aromatic heterocycles. The summed E-state index contributed by atoms with van der Waals surface area (Å²) in [6, 6.07) is 12.8. The third-order valence-corrected chi connectivity index (χ3v) is 5.63. The second-order valence-corrected chi connectivity index (χ2v) is 7.44. The molecule has 1 atom stereocenters. The Balaban J connectivity index is 2.16. The summed E-state index contributed by atoms with van der Waals surface area (Å²) < 4.78 is 11.0. The van der Waals surface area contributed by atoms with Crippen LogP contribution in [0.15, 0.2) is 36.4 Å². The van der Waals surface area contributed by atoms with E-state index in [-0.39, 0.29) is 0 Å². The minimum atomic E-state index is 0.552. The maximum atomic E-state index is 5.75. The maximum absolute atomic E-state index is 5.75. The van der Waals surface area contributed by atoms with E-state index in [2.05, 4.69) is 49.2 Å². The first kappa shape index (κ1) is 20.3. The van der Waals surface area contributed by atoms with E-state index in [0.717, 1.165) is 55.0 Å². The molecule has 0 amide bonds. The number of aromatic nitrogens is 1. The Morgan fingerprint density at radius 1 is 1.00 bits per heavy atom. The van der Waals surface area contributed by atoms with E-state index >= 15 is 0 Å². The van der Waals surface area contributed by atoms with E-state index in [1.54, 1.807) is 14.2 Å². The Bertz CT molecular complexity index is 907. The summed E-state index contributed by atoms with van der Waals surface area (Å²) in [6.45, 7) is 5.25. The number of benzene rings is 2. The van der Waals surface area contributed by atoms with Crippen molar-refractivity contribution in [3.63, 3.8) is 0 Å². The fraction of sp³-hybridized carbons (Fsp3) is 0.417. The Morgan fingerprint density at radius 3 is 2.32 bits per heavy atom. The highest BCUT2D eigenvalue weighted by atomic mass is 16.5. The lowest BCUT2D eigenvalue weighted by molar-refractivity contribution is 0.394. The number of hydrogen-bond donors (Lipinski definition) is 2. The zero-order valence-electron chi connectivity index (χ0n) is 17.5. The van der Waals surface area contributed by atoms with Gasteiger partial charge in [-0.1, -0.05) is 19.9 Å². The van der Waals surface area contributed by atoms with Crippen LogP contribution in [0, 0.1) is 0 Å². The number of methoxy groups -OCH3 is 2. The van der Waals surface area contributed by atoms with E-state index in [1.807, 2.05) is 6.07 Å². The average molecular weight is 381 g/mol. The molecule has 2 aromatic carbocycles. The Labute approximate surface area is 168 Å². The number of hydrogen-bond acceptors (Lipinski definition) is 3. The number of aryl methyl sites for hydroxylation is 1. The number of ether oxygens (including phenoxy) is 2. The fourth-order valence-corrected chi connectivity index (χ4v) is 3.71. The topological polar surface area (TPSA) is 60.3 Å². The second-order valence-electron chi connectivity index (χ2n) is 7.44. The van der Waals surface area contributed by atoms with Gasteiger partial charge in [0.15, 0.2) is 0 Å². The molecule has 0 aliphatic rings. The van der Waals surface area contributed by atoms with E-state index < -0.39 is 0 Å². The van der Waals surface area contributed by atoms with Crippen LogP contribution in [0.25, 0.3) is 22.2 Å². The lowest BCUT2D eigenvalue weighted by Crippen LogP contribution is -1.99. The quantitative estimate of drug-likeness (QED) is 0.472. The van der Waals surface area contributed by atoms with Crippen molar-refractivity contribution in [3.8, 4) is 22.8 Å². The molecule has 3 aromatic rings. The molecule has 0 saturated heterocycles. The average Bonchev–Trinajstić information content (AvgIpc) is 3.10. The number of nitrogens with one attached hydrogen (secondary N) is 1. The highest BCUT2D eigenvalue weighted by Crippen LogP contribution is 2.37. The Kier molecular flexibility index (Phi) is 6.63. The minimum absolute atomic E-state index is 0.552. The van der Waals surface area contributed by atoms with Crippen LogP contribution in [-0.2, 0) is 6.42 Å². The van der Waals surface area contributed by atoms with Crippen LogP contribution in [0.2, 0.25) is 0 Å². The molecule has 150 valence electrons. The number of rotatable bonds is 9. The van der Waals surface area contributed by atoms with Crippen molar-refractivity contribution in [3.05, 3.63) is 47.5 Å². The lowest BCUT2D eigenvalue weighted by atomic mass is 9.94. The van der Waals surface area contributed by atoms with Gasteiger partial charge in [0.25, 0.3) is 0 Å². The van der Waals surface area contributed by atoms with Crippen molar-refractivity contribution in [2.75, 3.05) is 20.8 Å². The SMILES string of the molecule is CCC(C)c1ccc2[nH]c(-c3cc(OC)cc(OC)c3)c(CCCCN)c2c1. The van der Waals surface area contributed by atoms with Crippen molar-refractivity contribution < 1.29 is 9.47 Å². The molecule has 0 radical (unpaired) electrons. The number of H-pyrrole nitrogens is 1. The van der Waals surface area contributed by atoms with Gasteiger partial charge in [-0.25, -0.2) is 0 Å². The zero-order valence-corrected chi connectivity index (χ0v) is 17.5. The molecule has 0 bridgehead atoms. The molecule has 3 rings (SSSR count). The van der Waals surface area contributed by atoms with Crippen molar-refractivity contribution >= 4 is 10.9 Å². The van der Waals surface area contributed by atoms with Gasteiger partial charge in [-0.15, -0.1) is 0 Å². The van der Waals surface area contributed by atoms with Gasteiger partial charge in [-0.3, -0.25) is 0 Å². The van der Waals surface area contributed by atoms with Gasteiger partial charge in [0.1, 0.15) is 11.5 Å². The first-order valence-electron chi connectivity index (χ1n) is 10.2. The summed E-state index contributed by atoms with van der Waals surface area (Å²) in [4.78, 5) is 3.65. The molecule has 4 nitrogen and oxygen atoms in total. The van der Waals surface area contributed by atoms with Gasteiger partial charge in [0.2, 0.25) is 0 Å². The first-order valence-corrected chi connectivity index (χ1v) is 10.2. The monoisotopic (exact) mass is 380 g/mol. The molecule has 0 fully saturated rings. The van der Waals surface area contributed by atoms with Gasteiger partial charge < -0.3 is 20.2 Å². The number of nitrogens with two attached hydrogens (primary N) is 1. The van der Waals surface area contributed by atoms with E-state index in [9.17, 15) is 0 Å². The summed E-state index contributed by atoms with van der Waals surface area (Å²) in [5, 5.41) is 1.31. The number of aromatic amines is 1. The van der Waals surface area contributed by atoms with Gasteiger partial charge in [-0.2, -0.15) is 0 Å². The molecule has 0 aliphatic heterocycles. The summed E-state index contributed by atoms with van der Waals surface area (Å²) in [7, 11) is 3.37. The minimum Gasteiger partial charge on any atom is -0.497 e. The predicted molar refractivity (Wildman–Crippen MR) is 118 cm³/mol. The van der Waals surface area contributed by atoms with E-state index in [0.29, 0.717) is 5.92 Å². The van der Waals surface area contributed by atoms with Crippen LogP contribution in [0.1, 0.15) is 50.2 Å². The summed E-state index contributed by atoms with van der Waals surface area (Å²) in [6.07, 6.45) is 4.23. The molecular formula is C24H32N2O2. The molecule has 3 N–H and O–H groups in total. The van der Waals surface area contributed by atoms with Gasteiger partial charge in [0, 0.05) is 28.2 Å². The van der Waals surface area contributed by atoms with Crippen molar-refractivity contribution in [1.82, 2.24) is 4.98 Å². The smallest absolute Gasteiger partial charge is 0.123 e. The van der Waals surface area contributed by atoms with Gasteiger partial charge in [0.05, 0.1) is 14.2 Å². The van der Waals surface area contributed by atoms with Crippen LogP contribution in [0.5, 0.6) is 11.5 Å². The maximum Gasteiger partial charge on any atom is 0.123 e. The largest absolute Gasteiger partial charge is 0.497 e. The van der Waals surface area contributed by atoms with Crippen LogP contribution in [-0.4, -0.2) is 25.7 Å².